The lowest BCUT2D eigenvalue weighted by atomic mass is 10.1. The van der Waals surface area contributed by atoms with Gasteiger partial charge < -0.3 is 26.2 Å². The molecule has 6 N–H and O–H groups in total. The smallest absolute Gasteiger partial charge is 0.326 e. The molecule has 0 aliphatic carbocycles. The highest BCUT2D eigenvalue weighted by atomic mass is 35.5. The van der Waals surface area contributed by atoms with Gasteiger partial charge in [-0.1, -0.05) is 11.6 Å². The fraction of sp³-hybridized carbons (Fsp3) is 0.300. The van der Waals surface area contributed by atoms with Gasteiger partial charge in [-0.2, -0.15) is 0 Å². The minimum absolute atomic E-state index is 0. The number of nitrogens with one attached hydrogen (secondary N) is 1. The number of rotatable bonds is 9. The Morgan fingerprint density at radius 3 is 2.33 bits per heavy atom. The number of nitrogens with zero attached hydrogens (tertiary/aromatic N) is 1. The Hall–Kier alpha value is -3.17. The van der Waals surface area contributed by atoms with Crippen LogP contribution in [0, 0.1) is 6.92 Å². The Labute approximate surface area is 178 Å². The number of halogens is 1. The highest BCUT2D eigenvalue weighted by molar-refractivity contribution is 6.30. The first kappa shape index (κ1) is 24.9. The number of carbonyl (C=O) groups is 4. The highest BCUT2D eigenvalue weighted by Crippen LogP contribution is 2.20. The standard InChI is InChI=1S/C20H22ClN3O5.H2O/c1-11-9-14(10-17(26)23-15(20(28)29)7-8-16(22)25)24(2)18(11)19(27)12-3-5-13(21)6-4-12;/h3-6,9,15H,7-8,10H2,1-2H3,(H2,22,25)(H,23,26)(H,28,29);1H2/t15-;/m0./s1. The molecule has 1 aromatic heterocycles. The molecule has 0 saturated carbocycles. The molecule has 2 rings (SSSR count). The van der Waals surface area contributed by atoms with Crippen LogP contribution in [0.25, 0.3) is 0 Å². The quantitative estimate of drug-likeness (QED) is 0.492. The van der Waals surface area contributed by atoms with Crippen LogP contribution in [0.3, 0.4) is 0 Å². The molecule has 0 fully saturated rings. The van der Waals surface area contributed by atoms with Gasteiger partial charge in [0, 0.05) is 29.7 Å². The average Bonchev–Trinajstić information content (AvgIpc) is 2.91. The summed E-state index contributed by atoms with van der Waals surface area (Å²) in [7, 11) is 1.67. The summed E-state index contributed by atoms with van der Waals surface area (Å²) in [5.74, 6) is -2.64. The fourth-order valence-corrected chi connectivity index (χ4v) is 3.14. The molecule has 1 heterocycles. The molecule has 1 atom stereocenters. The lowest BCUT2D eigenvalue weighted by Crippen LogP contribution is -2.42. The van der Waals surface area contributed by atoms with E-state index in [1.165, 1.54) is 0 Å². The zero-order valence-electron chi connectivity index (χ0n) is 16.6. The third kappa shape index (κ3) is 6.16. The highest BCUT2D eigenvalue weighted by Gasteiger charge is 2.23. The topological polar surface area (TPSA) is 163 Å². The summed E-state index contributed by atoms with van der Waals surface area (Å²) >= 11 is 5.86. The SMILES string of the molecule is Cc1cc(CC(=O)N[C@@H](CCC(N)=O)C(=O)O)n(C)c1C(=O)c1ccc(Cl)cc1.O. The van der Waals surface area contributed by atoms with Crippen molar-refractivity contribution in [3.63, 3.8) is 0 Å². The van der Waals surface area contributed by atoms with Crippen molar-refractivity contribution in [2.45, 2.75) is 32.2 Å². The summed E-state index contributed by atoms with van der Waals surface area (Å²) in [6.07, 6.45) is -0.366. The Balaban J connectivity index is 0.00000450. The van der Waals surface area contributed by atoms with Gasteiger partial charge in [-0.05, 0) is 49.2 Å². The second-order valence-electron chi connectivity index (χ2n) is 6.70. The van der Waals surface area contributed by atoms with Gasteiger partial charge in [-0.3, -0.25) is 14.4 Å². The van der Waals surface area contributed by atoms with Crippen LogP contribution < -0.4 is 11.1 Å². The van der Waals surface area contributed by atoms with Crippen LogP contribution in [0.1, 0.15) is 40.2 Å². The maximum atomic E-state index is 12.8. The number of carbonyl (C=O) groups excluding carboxylic acids is 3. The number of hydrogen-bond acceptors (Lipinski definition) is 4. The average molecular weight is 438 g/mol. The predicted octanol–water partition coefficient (Wildman–Crippen LogP) is 0.771. The van der Waals surface area contributed by atoms with E-state index in [1.807, 2.05) is 0 Å². The van der Waals surface area contributed by atoms with Crippen molar-refractivity contribution < 1.29 is 29.8 Å². The number of ketones is 1. The zero-order chi connectivity index (χ0) is 21.7. The van der Waals surface area contributed by atoms with Crippen LogP contribution in [0.2, 0.25) is 5.02 Å². The molecule has 9 nitrogen and oxygen atoms in total. The minimum Gasteiger partial charge on any atom is -0.480 e. The second-order valence-corrected chi connectivity index (χ2v) is 7.14. The molecule has 0 bridgehead atoms. The number of benzene rings is 1. The third-order valence-corrected chi connectivity index (χ3v) is 4.75. The van der Waals surface area contributed by atoms with Gasteiger partial charge in [-0.15, -0.1) is 0 Å². The number of aryl methyl sites for hydroxylation is 1. The fourth-order valence-electron chi connectivity index (χ4n) is 3.02. The molecule has 10 heteroatoms. The molecule has 30 heavy (non-hydrogen) atoms. The first-order chi connectivity index (χ1) is 13.6. The molecule has 2 aromatic rings. The van der Waals surface area contributed by atoms with Crippen molar-refractivity contribution >= 4 is 35.2 Å². The predicted molar refractivity (Wildman–Crippen MR) is 110 cm³/mol. The van der Waals surface area contributed by atoms with Gasteiger partial charge in [0.05, 0.1) is 12.1 Å². The summed E-state index contributed by atoms with van der Waals surface area (Å²) in [5.41, 5.74) is 7.17. The van der Waals surface area contributed by atoms with Crippen molar-refractivity contribution in [2.24, 2.45) is 12.8 Å². The van der Waals surface area contributed by atoms with Crippen molar-refractivity contribution in [2.75, 3.05) is 0 Å². The number of hydrogen-bond donors (Lipinski definition) is 3. The number of aliphatic carboxylic acids is 1. The molecule has 162 valence electrons. The maximum absolute atomic E-state index is 12.8. The van der Waals surface area contributed by atoms with Gasteiger partial charge in [-0.25, -0.2) is 4.79 Å². The lowest BCUT2D eigenvalue weighted by molar-refractivity contribution is -0.142. The van der Waals surface area contributed by atoms with Crippen LogP contribution in [-0.2, 0) is 27.9 Å². The largest absolute Gasteiger partial charge is 0.480 e. The van der Waals surface area contributed by atoms with Crippen molar-refractivity contribution in [3.8, 4) is 0 Å². The molecule has 1 aromatic carbocycles. The van der Waals surface area contributed by atoms with E-state index in [4.69, 9.17) is 17.3 Å². The van der Waals surface area contributed by atoms with Crippen LogP contribution in [0.5, 0.6) is 0 Å². The monoisotopic (exact) mass is 437 g/mol. The third-order valence-electron chi connectivity index (χ3n) is 4.50. The van der Waals surface area contributed by atoms with E-state index < -0.39 is 23.8 Å². The van der Waals surface area contributed by atoms with E-state index in [1.54, 1.807) is 48.9 Å². The summed E-state index contributed by atoms with van der Waals surface area (Å²) in [4.78, 5) is 47.3. The number of aromatic nitrogens is 1. The Morgan fingerprint density at radius 1 is 1.20 bits per heavy atom. The Morgan fingerprint density at radius 2 is 1.80 bits per heavy atom. The van der Waals surface area contributed by atoms with Gasteiger partial charge in [0.2, 0.25) is 17.6 Å². The number of primary amides is 1. The molecule has 0 unspecified atom stereocenters. The second kappa shape index (κ2) is 10.6. The lowest BCUT2D eigenvalue weighted by Gasteiger charge is -2.14. The van der Waals surface area contributed by atoms with Crippen molar-refractivity contribution in [3.05, 3.63) is 57.9 Å². The van der Waals surface area contributed by atoms with Crippen LogP contribution in [0.4, 0.5) is 0 Å². The molecule has 0 aliphatic heterocycles. The van der Waals surface area contributed by atoms with Crippen LogP contribution >= 0.6 is 11.6 Å². The summed E-state index contributed by atoms with van der Waals surface area (Å²) < 4.78 is 1.62. The van der Waals surface area contributed by atoms with Crippen LogP contribution in [0.15, 0.2) is 30.3 Å². The molecule has 2 amide bonds. The minimum atomic E-state index is -1.25. The molecule has 0 spiro atoms. The number of amides is 2. The maximum Gasteiger partial charge on any atom is 0.326 e. The van der Waals surface area contributed by atoms with E-state index in [2.05, 4.69) is 5.32 Å². The van der Waals surface area contributed by atoms with E-state index >= 15 is 0 Å². The van der Waals surface area contributed by atoms with Gasteiger partial charge in [0.25, 0.3) is 0 Å². The van der Waals surface area contributed by atoms with Gasteiger partial charge >= 0.3 is 5.97 Å². The molecule has 0 saturated heterocycles. The summed E-state index contributed by atoms with van der Waals surface area (Å²) in [5, 5.41) is 12.1. The molecule has 0 aliphatic rings. The van der Waals surface area contributed by atoms with Gasteiger partial charge in [0.1, 0.15) is 6.04 Å². The van der Waals surface area contributed by atoms with E-state index in [-0.39, 0.29) is 30.5 Å². The Kier molecular flexibility index (Phi) is 8.75. The Bertz CT molecular complexity index is 952. The first-order valence-corrected chi connectivity index (χ1v) is 9.24. The van der Waals surface area contributed by atoms with E-state index in [0.717, 1.165) is 0 Å². The molecular weight excluding hydrogens is 414 g/mol. The number of carboxylic acid groups (broad SMARTS) is 1. The summed E-state index contributed by atoms with van der Waals surface area (Å²) in [6, 6.07) is 6.99. The van der Waals surface area contributed by atoms with Crippen molar-refractivity contribution in [1.82, 2.24) is 9.88 Å². The van der Waals surface area contributed by atoms with Crippen molar-refractivity contribution in [1.29, 1.82) is 0 Å². The molecule has 0 radical (unpaired) electrons. The molecular formula is C20H24ClN3O6. The number of carboxylic acids is 1. The van der Waals surface area contributed by atoms with Crippen LogP contribution in [-0.4, -0.2) is 44.8 Å². The van der Waals surface area contributed by atoms with E-state index in [9.17, 15) is 24.3 Å². The first-order valence-electron chi connectivity index (χ1n) is 8.86. The number of nitrogens with two attached hydrogens (primary N) is 1. The zero-order valence-corrected chi connectivity index (χ0v) is 17.3. The summed E-state index contributed by atoms with van der Waals surface area (Å²) in [6.45, 7) is 1.76. The van der Waals surface area contributed by atoms with Gasteiger partial charge in [0.15, 0.2) is 0 Å². The normalized spacial score (nSPS) is 11.3. The van der Waals surface area contributed by atoms with E-state index in [0.29, 0.717) is 27.5 Å².